The van der Waals surface area contributed by atoms with Crippen LogP contribution < -0.4 is 5.32 Å². The Morgan fingerprint density at radius 2 is 2.06 bits per heavy atom. The van der Waals surface area contributed by atoms with Crippen LogP contribution >= 0.6 is 15.9 Å². The molecule has 0 heterocycles. The Kier molecular flexibility index (Phi) is 4.84. The quantitative estimate of drug-likeness (QED) is 0.526. The SMILES string of the molecule is Cc1cc([N+](=O)[O-])ccc1NC(=O)C(Br)C(C)C. The van der Waals surface area contributed by atoms with Gasteiger partial charge in [-0.3, -0.25) is 14.9 Å². The molecule has 1 atom stereocenters. The first-order valence-corrected chi connectivity index (χ1v) is 6.44. The second-order valence-corrected chi connectivity index (χ2v) is 5.38. The number of nitro benzene ring substituents is 1. The first kappa shape index (κ1) is 14.6. The molecule has 0 radical (unpaired) electrons. The van der Waals surface area contributed by atoms with Crippen LogP contribution in [-0.2, 0) is 4.79 Å². The minimum absolute atomic E-state index is 0.0183. The van der Waals surface area contributed by atoms with Crippen molar-refractivity contribution in [2.24, 2.45) is 5.92 Å². The smallest absolute Gasteiger partial charge is 0.269 e. The molecule has 1 unspecified atom stereocenters. The lowest BCUT2D eigenvalue weighted by atomic mass is 10.1. The van der Waals surface area contributed by atoms with E-state index < -0.39 is 4.92 Å². The fourth-order valence-corrected chi connectivity index (χ4v) is 1.52. The van der Waals surface area contributed by atoms with Crippen molar-refractivity contribution in [3.63, 3.8) is 0 Å². The van der Waals surface area contributed by atoms with E-state index in [9.17, 15) is 14.9 Å². The molecule has 18 heavy (non-hydrogen) atoms. The number of halogens is 1. The molecular formula is C12H15BrN2O3. The number of benzene rings is 1. The third-order valence-corrected chi connectivity index (χ3v) is 3.99. The molecule has 0 fully saturated rings. The number of carbonyl (C=O) groups excluding carboxylic acids is 1. The summed E-state index contributed by atoms with van der Waals surface area (Å²) in [6.07, 6.45) is 0. The molecule has 1 aromatic rings. The van der Waals surface area contributed by atoms with Gasteiger partial charge in [0.05, 0.1) is 9.75 Å². The van der Waals surface area contributed by atoms with E-state index in [0.717, 1.165) is 0 Å². The van der Waals surface area contributed by atoms with Crippen molar-refractivity contribution in [1.82, 2.24) is 0 Å². The van der Waals surface area contributed by atoms with Crippen molar-refractivity contribution in [3.8, 4) is 0 Å². The average Bonchev–Trinajstić information content (AvgIpc) is 2.30. The highest BCUT2D eigenvalue weighted by atomic mass is 79.9. The molecule has 0 aliphatic heterocycles. The number of rotatable bonds is 4. The van der Waals surface area contributed by atoms with Gasteiger partial charge in [0.15, 0.2) is 0 Å². The third kappa shape index (κ3) is 3.53. The summed E-state index contributed by atoms with van der Waals surface area (Å²) in [6.45, 7) is 5.59. The van der Waals surface area contributed by atoms with E-state index in [-0.39, 0.29) is 22.3 Å². The van der Waals surface area contributed by atoms with Crippen LogP contribution in [0.4, 0.5) is 11.4 Å². The van der Waals surface area contributed by atoms with Crippen LogP contribution in [0, 0.1) is 23.0 Å². The molecule has 0 aromatic heterocycles. The lowest BCUT2D eigenvalue weighted by Gasteiger charge is -2.14. The van der Waals surface area contributed by atoms with Crippen LogP contribution in [0.15, 0.2) is 18.2 Å². The molecule has 0 bridgehead atoms. The molecule has 0 spiro atoms. The summed E-state index contributed by atoms with van der Waals surface area (Å²) >= 11 is 3.31. The minimum Gasteiger partial charge on any atom is -0.325 e. The van der Waals surface area contributed by atoms with E-state index in [1.54, 1.807) is 13.0 Å². The molecule has 1 rings (SSSR count). The van der Waals surface area contributed by atoms with E-state index in [2.05, 4.69) is 21.2 Å². The van der Waals surface area contributed by atoms with Gasteiger partial charge in [-0.1, -0.05) is 29.8 Å². The molecule has 6 heteroatoms. The molecule has 0 saturated carbocycles. The number of non-ortho nitro benzene ring substituents is 1. The second-order valence-electron chi connectivity index (χ2n) is 4.39. The predicted octanol–water partition coefficient (Wildman–Crippen LogP) is 3.26. The zero-order valence-corrected chi connectivity index (χ0v) is 12.0. The first-order valence-electron chi connectivity index (χ1n) is 5.53. The van der Waals surface area contributed by atoms with Gasteiger partial charge in [-0.05, 0) is 24.5 Å². The number of nitro groups is 1. The second kappa shape index (κ2) is 5.95. The van der Waals surface area contributed by atoms with Crippen LogP contribution in [0.5, 0.6) is 0 Å². The maximum atomic E-state index is 11.8. The number of aryl methyl sites for hydroxylation is 1. The highest BCUT2D eigenvalue weighted by Crippen LogP contribution is 2.22. The summed E-state index contributed by atoms with van der Waals surface area (Å²) in [5.41, 5.74) is 1.28. The van der Waals surface area contributed by atoms with Crippen molar-refractivity contribution in [2.75, 3.05) is 5.32 Å². The van der Waals surface area contributed by atoms with Crippen LogP contribution in [-0.4, -0.2) is 15.7 Å². The Labute approximate surface area is 114 Å². The number of nitrogens with zero attached hydrogens (tertiary/aromatic N) is 1. The zero-order valence-electron chi connectivity index (χ0n) is 10.4. The Hall–Kier alpha value is -1.43. The van der Waals surface area contributed by atoms with E-state index in [0.29, 0.717) is 11.3 Å². The maximum absolute atomic E-state index is 11.8. The van der Waals surface area contributed by atoms with Crippen molar-refractivity contribution in [1.29, 1.82) is 0 Å². The normalized spacial score (nSPS) is 12.3. The van der Waals surface area contributed by atoms with Crippen LogP contribution in [0.2, 0.25) is 0 Å². The zero-order chi connectivity index (χ0) is 13.9. The van der Waals surface area contributed by atoms with Crippen molar-refractivity contribution in [2.45, 2.75) is 25.6 Å². The molecule has 0 aliphatic carbocycles. The molecule has 5 nitrogen and oxygen atoms in total. The number of nitrogens with one attached hydrogen (secondary N) is 1. The minimum atomic E-state index is -0.458. The van der Waals surface area contributed by atoms with Crippen LogP contribution in [0.3, 0.4) is 0 Å². The summed E-state index contributed by atoms with van der Waals surface area (Å²) in [7, 11) is 0. The van der Waals surface area contributed by atoms with Crippen molar-refractivity contribution >= 4 is 33.2 Å². The molecule has 1 N–H and O–H groups in total. The fraction of sp³-hybridized carbons (Fsp3) is 0.417. The topological polar surface area (TPSA) is 72.2 Å². The summed E-state index contributed by atoms with van der Waals surface area (Å²) in [6, 6.07) is 4.36. The van der Waals surface area contributed by atoms with Gasteiger partial charge in [-0.15, -0.1) is 0 Å². The number of anilines is 1. The van der Waals surface area contributed by atoms with Gasteiger partial charge in [0.2, 0.25) is 5.91 Å². The molecule has 1 amide bonds. The Morgan fingerprint density at radius 3 is 2.50 bits per heavy atom. The Bertz CT molecular complexity index is 474. The number of hydrogen-bond acceptors (Lipinski definition) is 3. The van der Waals surface area contributed by atoms with Gasteiger partial charge in [-0.25, -0.2) is 0 Å². The highest BCUT2D eigenvalue weighted by Gasteiger charge is 2.19. The average molecular weight is 315 g/mol. The van der Waals surface area contributed by atoms with Crippen molar-refractivity contribution < 1.29 is 9.72 Å². The summed E-state index contributed by atoms with van der Waals surface area (Å²) in [4.78, 5) is 21.7. The number of alkyl halides is 1. The standard InChI is InChI=1S/C12H15BrN2O3/c1-7(2)11(13)12(16)14-10-5-4-9(15(17)18)6-8(10)3/h4-7,11H,1-3H3,(H,14,16). The van der Waals surface area contributed by atoms with E-state index >= 15 is 0 Å². The number of carbonyl (C=O) groups is 1. The summed E-state index contributed by atoms with van der Waals surface area (Å²) in [5.74, 6) is 0.0188. The summed E-state index contributed by atoms with van der Waals surface area (Å²) < 4.78 is 0. The fourth-order valence-electron chi connectivity index (χ4n) is 1.41. The Balaban J connectivity index is 2.86. The van der Waals surface area contributed by atoms with Gasteiger partial charge in [-0.2, -0.15) is 0 Å². The monoisotopic (exact) mass is 314 g/mol. The molecule has 98 valence electrons. The van der Waals surface area contributed by atoms with Crippen molar-refractivity contribution in [3.05, 3.63) is 33.9 Å². The maximum Gasteiger partial charge on any atom is 0.269 e. The summed E-state index contributed by atoms with van der Waals surface area (Å²) in [5, 5.41) is 13.3. The van der Waals surface area contributed by atoms with E-state index in [1.807, 2.05) is 13.8 Å². The number of hydrogen-bond donors (Lipinski definition) is 1. The lowest BCUT2D eigenvalue weighted by molar-refractivity contribution is -0.384. The van der Waals surface area contributed by atoms with E-state index in [4.69, 9.17) is 0 Å². The van der Waals surface area contributed by atoms with Gasteiger partial charge in [0, 0.05) is 17.8 Å². The van der Waals surface area contributed by atoms with Gasteiger partial charge < -0.3 is 5.32 Å². The lowest BCUT2D eigenvalue weighted by Crippen LogP contribution is -2.27. The van der Waals surface area contributed by atoms with E-state index in [1.165, 1.54) is 12.1 Å². The largest absolute Gasteiger partial charge is 0.325 e. The molecular weight excluding hydrogens is 300 g/mol. The third-order valence-electron chi connectivity index (χ3n) is 2.51. The van der Waals surface area contributed by atoms with Gasteiger partial charge in [0.1, 0.15) is 0 Å². The Morgan fingerprint density at radius 1 is 1.44 bits per heavy atom. The van der Waals surface area contributed by atoms with Gasteiger partial charge in [0.25, 0.3) is 5.69 Å². The molecule has 0 saturated heterocycles. The molecule has 0 aliphatic rings. The number of amides is 1. The van der Waals surface area contributed by atoms with Crippen LogP contribution in [0.1, 0.15) is 19.4 Å². The predicted molar refractivity (Wildman–Crippen MR) is 74.0 cm³/mol. The molecule has 1 aromatic carbocycles. The van der Waals surface area contributed by atoms with Crippen LogP contribution in [0.25, 0.3) is 0 Å². The highest BCUT2D eigenvalue weighted by molar-refractivity contribution is 9.10. The first-order chi connectivity index (χ1) is 8.32. The van der Waals surface area contributed by atoms with Gasteiger partial charge >= 0.3 is 0 Å².